The van der Waals surface area contributed by atoms with Crippen molar-refractivity contribution < 1.29 is 23.1 Å². The van der Waals surface area contributed by atoms with Crippen LogP contribution in [0.15, 0.2) is 60.8 Å². The summed E-state index contributed by atoms with van der Waals surface area (Å²) >= 11 is 0. The summed E-state index contributed by atoms with van der Waals surface area (Å²) in [6.45, 7) is 2.23. The molecule has 0 bridgehead atoms. The van der Waals surface area contributed by atoms with Crippen LogP contribution in [0.4, 0.5) is 13.2 Å². The first-order valence-corrected chi connectivity index (χ1v) is 11.0. The van der Waals surface area contributed by atoms with Gasteiger partial charge in [-0.3, -0.25) is 10.1 Å². The van der Waals surface area contributed by atoms with Crippen LogP contribution in [0.1, 0.15) is 48.0 Å². The second kappa shape index (κ2) is 11.1. The van der Waals surface area contributed by atoms with Crippen molar-refractivity contribution in [3.63, 3.8) is 0 Å². The van der Waals surface area contributed by atoms with E-state index < -0.39 is 23.8 Å². The number of aromatic nitrogens is 2. The van der Waals surface area contributed by atoms with Crippen molar-refractivity contribution in [3.8, 4) is 0 Å². The zero-order valence-corrected chi connectivity index (χ0v) is 18.5. The van der Waals surface area contributed by atoms with Crippen LogP contribution >= 0.6 is 0 Å². The van der Waals surface area contributed by atoms with Crippen molar-refractivity contribution in [1.29, 1.82) is 0 Å². The van der Waals surface area contributed by atoms with Crippen molar-refractivity contribution in [2.45, 2.75) is 57.9 Å². The fourth-order valence-corrected chi connectivity index (χ4v) is 3.75. The van der Waals surface area contributed by atoms with Gasteiger partial charge < -0.3 is 9.67 Å². The Balaban J connectivity index is 1.84. The maximum atomic E-state index is 13.5. The van der Waals surface area contributed by atoms with Gasteiger partial charge in [0.25, 0.3) is 0 Å². The normalized spacial score (nSPS) is 12.6. The summed E-state index contributed by atoms with van der Waals surface area (Å²) < 4.78 is 42.4. The molecule has 0 aliphatic rings. The third kappa shape index (κ3) is 6.68. The molecular weight excluding hydrogens is 431 g/mol. The first-order chi connectivity index (χ1) is 15.8. The molecule has 1 heterocycles. The molecule has 1 atom stereocenters. The molecule has 3 rings (SSSR count). The van der Waals surface area contributed by atoms with Gasteiger partial charge in [0.05, 0.1) is 11.3 Å². The minimum absolute atomic E-state index is 0.0160. The Hall–Kier alpha value is -3.13. The molecule has 0 unspecified atom stereocenters. The van der Waals surface area contributed by atoms with Gasteiger partial charge in [-0.05, 0) is 30.0 Å². The van der Waals surface area contributed by atoms with Gasteiger partial charge in [-0.1, -0.05) is 61.9 Å². The molecule has 0 saturated carbocycles. The highest BCUT2D eigenvalue weighted by atomic mass is 19.4. The maximum Gasteiger partial charge on any atom is 0.416 e. The van der Waals surface area contributed by atoms with Gasteiger partial charge in [0.2, 0.25) is 0 Å². The number of hydrogen-bond acceptors (Lipinski definition) is 3. The second-order valence-corrected chi connectivity index (χ2v) is 7.97. The Morgan fingerprint density at radius 3 is 2.48 bits per heavy atom. The number of unbranched alkanes of at least 4 members (excludes halogenated alkanes) is 1. The van der Waals surface area contributed by atoms with Gasteiger partial charge in [-0.15, -0.1) is 0 Å². The molecule has 5 nitrogen and oxygen atoms in total. The van der Waals surface area contributed by atoms with Crippen LogP contribution in [-0.4, -0.2) is 26.7 Å². The van der Waals surface area contributed by atoms with E-state index in [1.54, 1.807) is 16.8 Å². The zero-order valence-electron chi connectivity index (χ0n) is 18.5. The Labute approximate surface area is 191 Å². The fraction of sp³-hybridized carbons (Fsp3) is 0.360. The molecule has 0 aliphatic carbocycles. The van der Waals surface area contributed by atoms with Gasteiger partial charge in [-0.2, -0.15) is 13.2 Å². The Bertz CT molecular complexity index is 1050. The summed E-state index contributed by atoms with van der Waals surface area (Å²) in [7, 11) is 0. The Morgan fingerprint density at radius 2 is 1.82 bits per heavy atom. The van der Waals surface area contributed by atoms with Crippen LogP contribution in [0.3, 0.4) is 0 Å². The van der Waals surface area contributed by atoms with E-state index >= 15 is 0 Å². The lowest BCUT2D eigenvalue weighted by Gasteiger charge is -2.18. The van der Waals surface area contributed by atoms with Gasteiger partial charge in [0.15, 0.2) is 0 Å². The van der Waals surface area contributed by atoms with E-state index in [9.17, 15) is 23.1 Å². The fourth-order valence-electron chi connectivity index (χ4n) is 3.75. The molecule has 0 spiro atoms. The lowest BCUT2D eigenvalue weighted by Crippen LogP contribution is -2.38. The summed E-state index contributed by atoms with van der Waals surface area (Å²) in [5, 5.41) is 12.7. The number of imidazole rings is 1. The smallest absolute Gasteiger partial charge is 0.416 e. The second-order valence-electron chi connectivity index (χ2n) is 7.97. The third-order valence-corrected chi connectivity index (χ3v) is 5.54. The molecule has 8 heteroatoms. The molecule has 2 N–H and O–H groups in total. The lowest BCUT2D eigenvalue weighted by molar-refractivity contribution is -0.140. The van der Waals surface area contributed by atoms with E-state index in [1.807, 2.05) is 37.3 Å². The number of hydrogen-bond donors (Lipinski definition) is 2. The predicted molar refractivity (Wildman–Crippen MR) is 120 cm³/mol. The Morgan fingerprint density at radius 1 is 1.12 bits per heavy atom. The van der Waals surface area contributed by atoms with Crippen LogP contribution < -0.4 is 5.32 Å². The highest BCUT2D eigenvalue weighted by Crippen LogP contribution is 2.32. The molecule has 0 amide bonds. The topological polar surface area (TPSA) is 67.2 Å². The molecule has 1 aromatic heterocycles. The zero-order chi connectivity index (χ0) is 23.8. The minimum Gasteiger partial charge on any atom is -0.480 e. The monoisotopic (exact) mass is 459 g/mol. The SMILES string of the molecule is CCCCc1ncc(CN[C@@H](Cc2ccccc2)C(=O)O)n1Cc1ccccc1C(F)(F)F. The average molecular weight is 460 g/mol. The molecule has 0 aliphatic heterocycles. The summed E-state index contributed by atoms with van der Waals surface area (Å²) in [5.74, 6) is -0.292. The quantitative estimate of drug-likeness (QED) is 0.420. The molecule has 33 heavy (non-hydrogen) atoms. The number of aryl methyl sites for hydroxylation is 1. The molecule has 3 aromatic rings. The first-order valence-electron chi connectivity index (χ1n) is 11.0. The number of carbonyl (C=O) groups is 1. The number of carboxylic acid groups (broad SMARTS) is 1. The number of benzene rings is 2. The summed E-state index contributed by atoms with van der Waals surface area (Å²) in [6.07, 6.45) is -0.117. The van der Waals surface area contributed by atoms with Crippen molar-refractivity contribution in [1.82, 2.24) is 14.9 Å². The molecule has 2 aromatic carbocycles. The van der Waals surface area contributed by atoms with Crippen molar-refractivity contribution in [3.05, 3.63) is 89.0 Å². The maximum absolute atomic E-state index is 13.5. The third-order valence-electron chi connectivity index (χ3n) is 5.54. The van der Waals surface area contributed by atoms with E-state index in [4.69, 9.17) is 0 Å². The van der Waals surface area contributed by atoms with Crippen molar-refractivity contribution in [2.24, 2.45) is 0 Å². The molecule has 176 valence electrons. The van der Waals surface area contributed by atoms with Crippen LogP contribution in [0, 0.1) is 0 Å². The van der Waals surface area contributed by atoms with Crippen LogP contribution in [-0.2, 0) is 36.9 Å². The first kappa shape index (κ1) is 24.5. The van der Waals surface area contributed by atoms with Crippen molar-refractivity contribution in [2.75, 3.05) is 0 Å². The van der Waals surface area contributed by atoms with Gasteiger partial charge in [-0.25, -0.2) is 4.98 Å². The number of rotatable bonds is 11. The van der Waals surface area contributed by atoms with Gasteiger partial charge in [0, 0.05) is 25.7 Å². The predicted octanol–water partition coefficient (Wildman–Crippen LogP) is 5.08. The summed E-state index contributed by atoms with van der Waals surface area (Å²) in [4.78, 5) is 16.2. The summed E-state index contributed by atoms with van der Waals surface area (Å²) in [6, 6.07) is 14.0. The minimum atomic E-state index is -4.46. The van der Waals surface area contributed by atoms with Gasteiger partial charge in [0.1, 0.15) is 11.9 Å². The van der Waals surface area contributed by atoms with Crippen LogP contribution in [0.25, 0.3) is 0 Å². The van der Waals surface area contributed by atoms with Gasteiger partial charge >= 0.3 is 12.1 Å². The number of nitrogens with one attached hydrogen (secondary N) is 1. The molecular formula is C25H28F3N3O2. The van der Waals surface area contributed by atoms with Crippen molar-refractivity contribution >= 4 is 5.97 Å². The standard InChI is InChI=1S/C25H28F3N3O2/c1-2-3-13-23-30-16-20(15-29-22(24(32)33)14-18-9-5-4-6-10-18)31(23)17-19-11-7-8-12-21(19)25(26,27)28/h4-12,16,22,29H,2-3,13-15,17H2,1H3,(H,32,33)/t22-/m0/s1. The number of carboxylic acids is 1. The Kier molecular flexibility index (Phi) is 8.27. The number of halogens is 3. The molecule has 0 saturated heterocycles. The summed E-state index contributed by atoms with van der Waals surface area (Å²) in [5.41, 5.74) is 1.01. The molecule has 0 radical (unpaired) electrons. The largest absolute Gasteiger partial charge is 0.480 e. The van der Waals surface area contributed by atoms with Crippen LogP contribution in [0.2, 0.25) is 0 Å². The van der Waals surface area contributed by atoms with E-state index in [1.165, 1.54) is 12.1 Å². The van der Waals surface area contributed by atoms with E-state index in [-0.39, 0.29) is 18.7 Å². The average Bonchev–Trinajstić information content (AvgIpc) is 3.16. The highest BCUT2D eigenvalue weighted by Gasteiger charge is 2.33. The van der Waals surface area contributed by atoms with E-state index in [0.29, 0.717) is 24.4 Å². The number of nitrogens with zero attached hydrogens (tertiary/aromatic N) is 2. The molecule has 0 fully saturated rings. The number of aliphatic carboxylic acids is 1. The lowest BCUT2D eigenvalue weighted by atomic mass is 10.1. The van der Waals surface area contributed by atoms with Crippen LogP contribution in [0.5, 0.6) is 0 Å². The highest BCUT2D eigenvalue weighted by molar-refractivity contribution is 5.73. The van der Waals surface area contributed by atoms with E-state index in [0.717, 1.165) is 24.5 Å². The number of alkyl halides is 3. The van der Waals surface area contributed by atoms with E-state index in [2.05, 4.69) is 10.3 Å².